The van der Waals surface area contributed by atoms with Crippen molar-refractivity contribution in [3.05, 3.63) is 67.2 Å². The molecular formula is C18H13N. The fourth-order valence-electron chi connectivity index (χ4n) is 2.88. The number of hydrogen-bond donors (Lipinski definition) is 0. The van der Waals surface area contributed by atoms with E-state index >= 15 is 0 Å². The van der Waals surface area contributed by atoms with Gasteiger partial charge in [-0.1, -0.05) is 49.0 Å². The zero-order chi connectivity index (χ0) is 12.8. The van der Waals surface area contributed by atoms with Gasteiger partial charge in [0, 0.05) is 17.0 Å². The number of benzene rings is 3. The summed E-state index contributed by atoms with van der Waals surface area (Å²) in [7, 11) is 0. The van der Waals surface area contributed by atoms with Gasteiger partial charge in [0.15, 0.2) is 0 Å². The summed E-state index contributed by atoms with van der Waals surface area (Å²) in [5.41, 5.74) is 2.43. The van der Waals surface area contributed by atoms with Gasteiger partial charge in [-0.25, -0.2) is 0 Å². The summed E-state index contributed by atoms with van der Waals surface area (Å²) >= 11 is 0. The summed E-state index contributed by atoms with van der Waals surface area (Å²) in [5.74, 6) is 0. The molecule has 0 fully saturated rings. The van der Waals surface area contributed by atoms with Crippen molar-refractivity contribution in [1.82, 2.24) is 4.57 Å². The summed E-state index contributed by atoms with van der Waals surface area (Å²) in [5, 5.41) is 5.11. The molecule has 0 aliphatic carbocycles. The van der Waals surface area contributed by atoms with Crippen LogP contribution in [0.1, 0.15) is 0 Å². The monoisotopic (exact) mass is 243 g/mol. The van der Waals surface area contributed by atoms with Gasteiger partial charge in [0.1, 0.15) is 0 Å². The highest BCUT2D eigenvalue weighted by atomic mass is 14.9. The maximum Gasteiger partial charge on any atom is 0.0541 e. The molecule has 0 N–H and O–H groups in total. The summed E-state index contributed by atoms with van der Waals surface area (Å²) in [4.78, 5) is 0. The lowest BCUT2D eigenvalue weighted by molar-refractivity contribution is 1.30. The molecule has 19 heavy (non-hydrogen) atoms. The molecule has 0 spiro atoms. The molecule has 1 nitrogen and oxygen atoms in total. The van der Waals surface area contributed by atoms with Crippen LogP contribution in [0.2, 0.25) is 0 Å². The first-order valence-electron chi connectivity index (χ1n) is 6.42. The van der Waals surface area contributed by atoms with Crippen molar-refractivity contribution in [3.8, 4) is 0 Å². The van der Waals surface area contributed by atoms with Crippen molar-refractivity contribution in [3.63, 3.8) is 0 Å². The highest BCUT2D eigenvalue weighted by molar-refractivity contribution is 6.13. The molecule has 4 rings (SSSR count). The second-order valence-corrected chi connectivity index (χ2v) is 4.79. The summed E-state index contributed by atoms with van der Waals surface area (Å²) in [6, 6.07) is 21.5. The lowest BCUT2D eigenvalue weighted by Crippen LogP contribution is -1.84. The minimum absolute atomic E-state index is 1.21. The fourth-order valence-corrected chi connectivity index (χ4v) is 2.88. The first kappa shape index (κ1) is 10.4. The van der Waals surface area contributed by atoms with E-state index in [1.807, 2.05) is 6.20 Å². The number of hydrogen-bond acceptors (Lipinski definition) is 0. The topological polar surface area (TPSA) is 4.93 Å². The molecule has 0 aliphatic heterocycles. The van der Waals surface area contributed by atoms with E-state index in [1.54, 1.807) is 0 Å². The second kappa shape index (κ2) is 3.72. The SMILES string of the molecule is C=Cn1c2ccccc2c2cc3ccccc3cc21. The van der Waals surface area contributed by atoms with Crippen LogP contribution in [0.5, 0.6) is 0 Å². The molecule has 4 aromatic rings. The molecule has 0 bridgehead atoms. The van der Waals surface area contributed by atoms with Crippen molar-refractivity contribution in [2.24, 2.45) is 0 Å². The molecule has 90 valence electrons. The Hall–Kier alpha value is -2.54. The number of fused-ring (bicyclic) bond motifs is 4. The van der Waals surface area contributed by atoms with Crippen LogP contribution in [-0.2, 0) is 0 Å². The van der Waals surface area contributed by atoms with E-state index in [9.17, 15) is 0 Å². The maximum absolute atomic E-state index is 3.95. The standard InChI is InChI=1S/C18H13N/c1-2-19-17-10-6-5-9-15(17)16-11-13-7-3-4-8-14(13)12-18(16)19/h2-12H,1H2. The normalized spacial score (nSPS) is 11.4. The largest absolute Gasteiger partial charge is 0.317 e. The Morgan fingerprint density at radius 3 is 2.21 bits per heavy atom. The Morgan fingerprint density at radius 2 is 1.42 bits per heavy atom. The van der Waals surface area contributed by atoms with Crippen LogP contribution < -0.4 is 0 Å². The van der Waals surface area contributed by atoms with Crippen LogP contribution in [0.15, 0.2) is 67.2 Å². The van der Waals surface area contributed by atoms with Crippen molar-refractivity contribution in [1.29, 1.82) is 0 Å². The highest BCUT2D eigenvalue weighted by Crippen LogP contribution is 2.32. The molecule has 1 aromatic heterocycles. The first-order chi connectivity index (χ1) is 9.38. The smallest absolute Gasteiger partial charge is 0.0541 e. The van der Waals surface area contributed by atoms with E-state index in [2.05, 4.69) is 71.8 Å². The van der Waals surface area contributed by atoms with Gasteiger partial charge in [0.2, 0.25) is 0 Å². The molecule has 0 saturated heterocycles. The van der Waals surface area contributed by atoms with Gasteiger partial charge in [-0.15, -0.1) is 0 Å². The lowest BCUT2D eigenvalue weighted by atomic mass is 10.1. The number of nitrogens with zero attached hydrogens (tertiary/aromatic N) is 1. The van der Waals surface area contributed by atoms with Crippen LogP contribution in [0.25, 0.3) is 38.8 Å². The highest BCUT2D eigenvalue weighted by Gasteiger charge is 2.09. The summed E-state index contributed by atoms with van der Waals surface area (Å²) < 4.78 is 2.16. The zero-order valence-corrected chi connectivity index (χ0v) is 10.5. The summed E-state index contributed by atoms with van der Waals surface area (Å²) in [6.45, 7) is 3.95. The third kappa shape index (κ3) is 1.36. The van der Waals surface area contributed by atoms with Crippen LogP contribution >= 0.6 is 0 Å². The Balaban J connectivity index is 2.33. The molecule has 0 aliphatic rings. The van der Waals surface area contributed by atoms with Gasteiger partial charge in [0.05, 0.1) is 11.0 Å². The second-order valence-electron chi connectivity index (χ2n) is 4.79. The average Bonchev–Trinajstić information content (AvgIpc) is 2.78. The van der Waals surface area contributed by atoms with Crippen LogP contribution in [0.3, 0.4) is 0 Å². The molecule has 0 atom stereocenters. The maximum atomic E-state index is 3.95. The van der Waals surface area contributed by atoms with Gasteiger partial charge >= 0.3 is 0 Å². The first-order valence-corrected chi connectivity index (χ1v) is 6.42. The third-order valence-electron chi connectivity index (χ3n) is 3.76. The predicted octanol–water partition coefficient (Wildman–Crippen LogP) is 5.05. The van der Waals surface area contributed by atoms with Crippen molar-refractivity contribution < 1.29 is 0 Å². The average molecular weight is 243 g/mol. The Morgan fingerprint density at radius 1 is 0.737 bits per heavy atom. The Kier molecular flexibility index (Phi) is 2.04. The molecule has 0 unspecified atom stereocenters. The third-order valence-corrected chi connectivity index (χ3v) is 3.76. The van der Waals surface area contributed by atoms with Gasteiger partial charge in [0.25, 0.3) is 0 Å². The van der Waals surface area contributed by atoms with Gasteiger partial charge in [-0.3, -0.25) is 0 Å². The van der Waals surface area contributed by atoms with E-state index in [0.717, 1.165) is 0 Å². The number of para-hydroxylation sites is 1. The Labute approximate surface area is 111 Å². The molecule has 3 aromatic carbocycles. The van der Waals surface area contributed by atoms with Gasteiger partial charge in [-0.2, -0.15) is 0 Å². The van der Waals surface area contributed by atoms with Crippen molar-refractivity contribution in [2.75, 3.05) is 0 Å². The van der Waals surface area contributed by atoms with Gasteiger partial charge < -0.3 is 4.57 Å². The quantitative estimate of drug-likeness (QED) is 0.441. The van der Waals surface area contributed by atoms with E-state index in [-0.39, 0.29) is 0 Å². The minimum atomic E-state index is 1.21. The van der Waals surface area contributed by atoms with Crippen LogP contribution in [0.4, 0.5) is 0 Å². The van der Waals surface area contributed by atoms with Crippen molar-refractivity contribution in [2.45, 2.75) is 0 Å². The number of aromatic nitrogens is 1. The van der Waals surface area contributed by atoms with Crippen LogP contribution in [-0.4, -0.2) is 4.57 Å². The summed E-state index contributed by atoms with van der Waals surface area (Å²) in [6.07, 6.45) is 1.89. The Bertz CT molecular complexity index is 928. The molecule has 0 amide bonds. The van der Waals surface area contributed by atoms with E-state index < -0.39 is 0 Å². The van der Waals surface area contributed by atoms with E-state index in [4.69, 9.17) is 0 Å². The van der Waals surface area contributed by atoms with Crippen molar-refractivity contribution >= 4 is 38.8 Å². The van der Waals surface area contributed by atoms with E-state index in [1.165, 1.54) is 32.6 Å². The molecule has 0 radical (unpaired) electrons. The lowest BCUT2D eigenvalue weighted by Gasteiger charge is -2.01. The number of rotatable bonds is 1. The molecule has 1 heteroatoms. The van der Waals surface area contributed by atoms with Crippen LogP contribution in [0, 0.1) is 0 Å². The zero-order valence-electron chi connectivity index (χ0n) is 10.5. The molecular weight excluding hydrogens is 230 g/mol. The molecule has 1 heterocycles. The van der Waals surface area contributed by atoms with Gasteiger partial charge in [-0.05, 0) is 29.0 Å². The molecule has 0 saturated carbocycles. The minimum Gasteiger partial charge on any atom is -0.317 e. The predicted molar refractivity (Wildman–Crippen MR) is 83.3 cm³/mol. The fraction of sp³-hybridized carbons (Fsp3) is 0. The van der Waals surface area contributed by atoms with E-state index in [0.29, 0.717) is 0 Å².